The van der Waals surface area contributed by atoms with Crippen molar-refractivity contribution in [2.24, 2.45) is 0 Å². The number of hydrogen-bond donors (Lipinski definition) is 1. The molecule has 7 heteroatoms. The first-order chi connectivity index (χ1) is 6.31. The van der Waals surface area contributed by atoms with Gasteiger partial charge in [-0.3, -0.25) is 0 Å². The molecule has 78 valence electrons. The topological polar surface area (TPSA) is 20.2 Å². The van der Waals surface area contributed by atoms with E-state index < -0.39 is 33.7 Å². The maximum absolute atomic E-state index is 12.7. The molecule has 0 atom stereocenters. The van der Waals surface area contributed by atoms with Gasteiger partial charge in [0, 0.05) is 4.47 Å². The van der Waals surface area contributed by atoms with E-state index in [1.807, 2.05) is 0 Å². The third-order valence-electron chi connectivity index (χ3n) is 1.25. The third kappa shape index (κ3) is 2.78. The lowest BCUT2D eigenvalue weighted by Gasteiger charge is -2.09. The average molecular weight is 291 g/mol. The van der Waals surface area contributed by atoms with E-state index in [0.717, 1.165) is 12.1 Å². The van der Waals surface area contributed by atoms with Crippen LogP contribution in [0.4, 0.5) is 17.6 Å². The van der Waals surface area contributed by atoms with Crippen molar-refractivity contribution in [3.05, 3.63) is 22.4 Å². The number of thioether (sulfide) groups is 1. The standard InChI is InChI=1S/C7H3BrF4OS/c8-3-1-2-4(9)5(13)6(3)14-7(10,11)12/h1-2,13H. The maximum Gasteiger partial charge on any atom is 0.446 e. The summed E-state index contributed by atoms with van der Waals surface area (Å²) in [5.41, 5.74) is -4.56. The molecule has 1 aromatic rings. The van der Waals surface area contributed by atoms with Crippen molar-refractivity contribution in [2.45, 2.75) is 10.4 Å². The Morgan fingerprint density at radius 2 is 1.86 bits per heavy atom. The van der Waals surface area contributed by atoms with E-state index in [-0.39, 0.29) is 4.47 Å². The van der Waals surface area contributed by atoms with Crippen molar-refractivity contribution in [1.29, 1.82) is 0 Å². The Labute approximate surface area is 89.2 Å². The molecule has 0 heterocycles. The van der Waals surface area contributed by atoms with Crippen LogP contribution in [0.5, 0.6) is 5.75 Å². The van der Waals surface area contributed by atoms with Gasteiger partial charge in [0.05, 0.1) is 4.90 Å². The normalized spacial score (nSPS) is 11.8. The average Bonchev–Trinajstić information content (AvgIpc) is 2.04. The first-order valence-corrected chi connectivity index (χ1v) is 4.85. The molecular formula is C7H3BrF4OS. The monoisotopic (exact) mass is 290 g/mol. The second-order valence-corrected chi connectivity index (χ2v) is 4.18. The highest BCUT2D eigenvalue weighted by molar-refractivity contribution is 9.10. The molecule has 0 radical (unpaired) electrons. The Kier molecular flexibility index (Phi) is 3.31. The van der Waals surface area contributed by atoms with E-state index in [9.17, 15) is 17.6 Å². The van der Waals surface area contributed by atoms with Crippen molar-refractivity contribution in [2.75, 3.05) is 0 Å². The molecule has 0 aliphatic heterocycles. The highest BCUT2D eigenvalue weighted by Gasteiger charge is 2.32. The van der Waals surface area contributed by atoms with Crippen LogP contribution in [0.2, 0.25) is 0 Å². The molecule has 14 heavy (non-hydrogen) atoms. The van der Waals surface area contributed by atoms with Crippen LogP contribution in [0.25, 0.3) is 0 Å². The molecule has 1 N–H and O–H groups in total. The summed E-state index contributed by atoms with van der Waals surface area (Å²) in [6.45, 7) is 0. The first kappa shape index (κ1) is 11.6. The predicted octanol–water partition coefficient (Wildman–Crippen LogP) is 3.91. The first-order valence-electron chi connectivity index (χ1n) is 3.24. The van der Waals surface area contributed by atoms with Crippen molar-refractivity contribution in [3.8, 4) is 5.75 Å². The van der Waals surface area contributed by atoms with E-state index in [0.29, 0.717) is 0 Å². The number of benzene rings is 1. The number of aromatic hydroxyl groups is 1. The Hall–Kier alpha value is -0.430. The zero-order valence-electron chi connectivity index (χ0n) is 6.40. The highest BCUT2D eigenvalue weighted by Crippen LogP contribution is 2.45. The molecule has 1 nitrogen and oxygen atoms in total. The Morgan fingerprint density at radius 3 is 2.36 bits per heavy atom. The molecule has 0 amide bonds. The van der Waals surface area contributed by atoms with Gasteiger partial charge in [-0.15, -0.1) is 0 Å². The molecule has 0 fully saturated rings. The van der Waals surface area contributed by atoms with Gasteiger partial charge in [-0.05, 0) is 39.8 Å². The van der Waals surface area contributed by atoms with Crippen LogP contribution in [0.3, 0.4) is 0 Å². The van der Waals surface area contributed by atoms with Gasteiger partial charge in [0.15, 0.2) is 11.6 Å². The molecule has 0 bridgehead atoms. The Morgan fingerprint density at radius 1 is 1.29 bits per heavy atom. The third-order valence-corrected chi connectivity index (χ3v) is 3.02. The molecule has 1 rings (SSSR count). The minimum Gasteiger partial charge on any atom is -0.504 e. The lowest BCUT2D eigenvalue weighted by molar-refractivity contribution is -0.0329. The molecule has 0 aliphatic rings. The number of alkyl halides is 3. The van der Waals surface area contributed by atoms with Crippen LogP contribution in [0.15, 0.2) is 21.5 Å². The molecule has 1 aromatic carbocycles. The maximum atomic E-state index is 12.7. The fourth-order valence-electron chi connectivity index (χ4n) is 0.735. The number of halogens is 5. The van der Waals surface area contributed by atoms with Gasteiger partial charge in [-0.2, -0.15) is 13.2 Å². The molecular weight excluding hydrogens is 288 g/mol. The fourth-order valence-corrected chi connectivity index (χ4v) is 1.89. The van der Waals surface area contributed by atoms with Gasteiger partial charge >= 0.3 is 5.51 Å². The van der Waals surface area contributed by atoms with Gasteiger partial charge in [0.25, 0.3) is 0 Å². The van der Waals surface area contributed by atoms with Gasteiger partial charge < -0.3 is 5.11 Å². The van der Waals surface area contributed by atoms with Crippen molar-refractivity contribution < 1.29 is 22.7 Å². The summed E-state index contributed by atoms with van der Waals surface area (Å²) in [5, 5.41) is 9.02. The second kappa shape index (κ2) is 3.98. The SMILES string of the molecule is Oc1c(F)ccc(Br)c1SC(F)(F)F. The van der Waals surface area contributed by atoms with Crippen molar-refractivity contribution in [3.63, 3.8) is 0 Å². The van der Waals surface area contributed by atoms with Gasteiger partial charge in [-0.25, -0.2) is 4.39 Å². The molecule has 0 aliphatic carbocycles. The molecule has 0 spiro atoms. The zero-order chi connectivity index (χ0) is 10.9. The number of phenols is 1. The smallest absolute Gasteiger partial charge is 0.446 e. The lowest BCUT2D eigenvalue weighted by Crippen LogP contribution is -2.00. The van der Waals surface area contributed by atoms with Gasteiger partial charge in [0.2, 0.25) is 0 Å². The van der Waals surface area contributed by atoms with Crippen molar-refractivity contribution in [1.82, 2.24) is 0 Å². The minimum absolute atomic E-state index is 0.00118. The van der Waals surface area contributed by atoms with Gasteiger partial charge in [-0.1, -0.05) is 0 Å². The van der Waals surface area contributed by atoms with Crippen LogP contribution in [-0.2, 0) is 0 Å². The summed E-state index contributed by atoms with van der Waals surface area (Å²) in [6.07, 6.45) is 0. The van der Waals surface area contributed by atoms with E-state index in [1.54, 1.807) is 0 Å². The number of rotatable bonds is 1. The molecule has 0 saturated carbocycles. The largest absolute Gasteiger partial charge is 0.504 e. The van der Waals surface area contributed by atoms with Crippen LogP contribution in [0, 0.1) is 5.82 Å². The van der Waals surface area contributed by atoms with Crippen LogP contribution in [-0.4, -0.2) is 10.6 Å². The van der Waals surface area contributed by atoms with Crippen molar-refractivity contribution >= 4 is 27.7 Å². The van der Waals surface area contributed by atoms with Crippen LogP contribution < -0.4 is 0 Å². The van der Waals surface area contributed by atoms with E-state index in [4.69, 9.17) is 5.11 Å². The predicted molar refractivity (Wildman–Crippen MR) is 47.7 cm³/mol. The molecule has 0 aromatic heterocycles. The minimum atomic E-state index is -4.56. The highest BCUT2D eigenvalue weighted by atomic mass is 79.9. The van der Waals surface area contributed by atoms with E-state index in [2.05, 4.69) is 15.9 Å². The van der Waals surface area contributed by atoms with Gasteiger partial charge in [0.1, 0.15) is 0 Å². The quantitative estimate of drug-likeness (QED) is 0.625. The number of phenolic OH excluding ortho intramolecular Hbond substituents is 1. The molecule has 0 saturated heterocycles. The summed E-state index contributed by atoms with van der Waals surface area (Å²) in [7, 11) is 0. The van der Waals surface area contributed by atoms with E-state index in [1.165, 1.54) is 0 Å². The Bertz CT molecular complexity index is 352. The van der Waals surface area contributed by atoms with Crippen LogP contribution >= 0.6 is 27.7 Å². The zero-order valence-corrected chi connectivity index (χ0v) is 8.80. The second-order valence-electron chi connectivity index (χ2n) is 2.25. The number of hydrogen-bond acceptors (Lipinski definition) is 2. The summed E-state index contributed by atoms with van der Waals surface area (Å²) >= 11 is 2.22. The lowest BCUT2D eigenvalue weighted by atomic mass is 10.3. The summed E-state index contributed by atoms with van der Waals surface area (Å²) in [6, 6.07) is 1.98. The van der Waals surface area contributed by atoms with Crippen LogP contribution in [0.1, 0.15) is 0 Å². The summed E-state index contributed by atoms with van der Waals surface area (Å²) in [4.78, 5) is -0.572. The summed E-state index contributed by atoms with van der Waals surface area (Å²) in [5.74, 6) is -2.08. The van der Waals surface area contributed by atoms with E-state index >= 15 is 0 Å². The summed E-state index contributed by atoms with van der Waals surface area (Å²) < 4.78 is 48.5. The Balaban J connectivity index is 3.13. The molecule has 0 unspecified atom stereocenters. The fraction of sp³-hybridized carbons (Fsp3) is 0.143.